The maximum atomic E-state index is 12.2. The molecule has 0 fully saturated rings. The zero-order chi connectivity index (χ0) is 13.3. The van der Waals surface area contributed by atoms with Gasteiger partial charge in [0.15, 0.2) is 0 Å². The van der Waals surface area contributed by atoms with Gasteiger partial charge in [-0.3, -0.25) is 9.82 Å². The number of H-pyrrole nitrogens is 1. The summed E-state index contributed by atoms with van der Waals surface area (Å²) in [5.41, 5.74) is 7.40. The average molecular weight is 266 g/mol. The Balaban J connectivity index is 2.43. The summed E-state index contributed by atoms with van der Waals surface area (Å²) in [4.78, 5) is 0.163. The molecule has 0 radical (unpaired) electrons. The smallest absolute Gasteiger partial charge is 0.263 e. The molecule has 2 rings (SSSR count). The molecule has 0 saturated carbocycles. The van der Waals surface area contributed by atoms with Crippen molar-refractivity contribution < 1.29 is 8.42 Å². The van der Waals surface area contributed by atoms with E-state index in [0.717, 1.165) is 5.56 Å². The minimum absolute atomic E-state index is 0.163. The van der Waals surface area contributed by atoms with E-state index in [-0.39, 0.29) is 4.90 Å². The van der Waals surface area contributed by atoms with Crippen molar-refractivity contribution in [2.24, 2.45) is 0 Å². The Morgan fingerprint density at radius 2 is 2.06 bits per heavy atom. The summed E-state index contributed by atoms with van der Waals surface area (Å²) in [6, 6.07) is 4.78. The summed E-state index contributed by atoms with van der Waals surface area (Å²) < 4.78 is 26.9. The maximum Gasteiger partial charge on any atom is 0.263 e. The second-order valence-corrected chi connectivity index (χ2v) is 5.65. The van der Waals surface area contributed by atoms with Crippen LogP contribution in [0.15, 0.2) is 29.3 Å². The number of hydrogen-bond donors (Lipinski definition) is 3. The maximum absolute atomic E-state index is 12.2. The van der Waals surface area contributed by atoms with Crippen LogP contribution in [0.25, 0.3) is 0 Å². The lowest BCUT2D eigenvalue weighted by atomic mass is 10.2. The molecule has 0 bridgehead atoms. The predicted molar refractivity (Wildman–Crippen MR) is 69.7 cm³/mol. The van der Waals surface area contributed by atoms with Crippen molar-refractivity contribution in [1.82, 2.24) is 10.2 Å². The zero-order valence-corrected chi connectivity index (χ0v) is 10.9. The molecule has 96 valence electrons. The minimum Gasteiger partial charge on any atom is -0.398 e. The third-order valence-electron chi connectivity index (χ3n) is 2.68. The second-order valence-electron chi connectivity index (χ2n) is 4.00. The highest BCUT2D eigenvalue weighted by Gasteiger charge is 2.19. The van der Waals surface area contributed by atoms with E-state index in [2.05, 4.69) is 14.9 Å². The highest BCUT2D eigenvalue weighted by molar-refractivity contribution is 7.92. The van der Waals surface area contributed by atoms with Crippen LogP contribution in [0, 0.1) is 13.8 Å². The first kappa shape index (κ1) is 12.4. The first-order valence-electron chi connectivity index (χ1n) is 5.29. The van der Waals surface area contributed by atoms with Crippen LogP contribution in [0.2, 0.25) is 0 Å². The molecule has 1 aromatic carbocycles. The number of nitrogens with two attached hydrogens (primary N) is 1. The SMILES string of the molecule is Cc1cn[nH]c1NS(=O)(=O)c1cccc(N)c1C. The minimum atomic E-state index is -3.66. The number of aromatic nitrogens is 2. The fraction of sp³-hybridized carbons (Fsp3) is 0.182. The van der Waals surface area contributed by atoms with Gasteiger partial charge in [-0.05, 0) is 31.5 Å². The van der Waals surface area contributed by atoms with E-state index in [1.165, 1.54) is 6.07 Å². The van der Waals surface area contributed by atoms with Crippen molar-refractivity contribution in [2.45, 2.75) is 18.7 Å². The molecule has 0 amide bonds. The summed E-state index contributed by atoms with van der Waals surface area (Å²) in [5, 5.41) is 6.36. The van der Waals surface area contributed by atoms with E-state index < -0.39 is 10.0 Å². The Morgan fingerprint density at radius 3 is 2.67 bits per heavy atom. The van der Waals surface area contributed by atoms with Gasteiger partial charge in [-0.2, -0.15) is 5.10 Å². The van der Waals surface area contributed by atoms with E-state index in [9.17, 15) is 8.42 Å². The van der Waals surface area contributed by atoms with E-state index in [4.69, 9.17) is 5.73 Å². The number of nitrogens with one attached hydrogen (secondary N) is 2. The Hall–Kier alpha value is -2.02. The van der Waals surface area contributed by atoms with Crippen LogP contribution in [0.3, 0.4) is 0 Å². The van der Waals surface area contributed by atoms with Crippen LogP contribution in [-0.4, -0.2) is 18.6 Å². The lowest BCUT2D eigenvalue weighted by molar-refractivity contribution is 0.600. The van der Waals surface area contributed by atoms with E-state index >= 15 is 0 Å². The lowest BCUT2D eigenvalue weighted by Gasteiger charge is -2.10. The number of hydrogen-bond acceptors (Lipinski definition) is 4. The second kappa shape index (κ2) is 4.34. The molecular weight excluding hydrogens is 252 g/mol. The quantitative estimate of drug-likeness (QED) is 0.731. The standard InChI is InChI=1S/C11H14N4O2S/c1-7-6-13-14-11(7)15-18(16,17)10-5-3-4-9(12)8(10)2/h3-6H,12H2,1-2H3,(H2,13,14,15). The Morgan fingerprint density at radius 1 is 1.33 bits per heavy atom. The monoisotopic (exact) mass is 266 g/mol. The van der Waals surface area contributed by atoms with Gasteiger partial charge in [0.25, 0.3) is 10.0 Å². The molecule has 7 heteroatoms. The molecule has 0 aliphatic heterocycles. The van der Waals surface area contributed by atoms with Crippen molar-refractivity contribution in [2.75, 3.05) is 10.5 Å². The molecule has 1 heterocycles. The molecule has 18 heavy (non-hydrogen) atoms. The van der Waals surface area contributed by atoms with E-state index in [1.807, 2.05) is 0 Å². The normalized spacial score (nSPS) is 11.4. The Bertz CT molecular complexity index is 676. The molecule has 0 atom stereocenters. The summed E-state index contributed by atoms with van der Waals surface area (Å²) >= 11 is 0. The number of anilines is 2. The van der Waals surface area contributed by atoms with Gasteiger partial charge in [-0.25, -0.2) is 8.42 Å². The van der Waals surface area contributed by atoms with Crippen molar-refractivity contribution in [3.8, 4) is 0 Å². The summed E-state index contributed by atoms with van der Waals surface area (Å²) in [5.74, 6) is 0.358. The number of rotatable bonds is 3. The number of aromatic amines is 1. The van der Waals surface area contributed by atoms with Crippen LogP contribution < -0.4 is 10.5 Å². The number of sulfonamides is 1. The summed E-state index contributed by atoms with van der Waals surface area (Å²) in [6.45, 7) is 3.43. The number of aryl methyl sites for hydroxylation is 1. The molecule has 0 aliphatic rings. The van der Waals surface area contributed by atoms with Gasteiger partial charge in [0.2, 0.25) is 0 Å². The predicted octanol–water partition coefficient (Wildman–Crippen LogP) is 1.41. The molecule has 4 N–H and O–H groups in total. The molecule has 6 nitrogen and oxygen atoms in total. The first-order chi connectivity index (χ1) is 8.42. The van der Waals surface area contributed by atoms with Gasteiger partial charge < -0.3 is 5.73 Å². The molecule has 2 aromatic rings. The Labute approximate surface area is 105 Å². The van der Waals surface area contributed by atoms with Crippen molar-refractivity contribution in [1.29, 1.82) is 0 Å². The van der Waals surface area contributed by atoms with E-state index in [0.29, 0.717) is 17.1 Å². The highest BCUT2D eigenvalue weighted by atomic mass is 32.2. The van der Waals surface area contributed by atoms with Gasteiger partial charge in [-0.1, -0.05) is 6.07 Å². The number of benzene rings is 1. The first-order valence-corrected chi connectivity index (χ1v) is 6.78. The molecule has 0 saturated heterocycles. The van der Waals surface area contributed by atoms with Gasteiger partial charge in [-0.15, -0.1) is 0 Å². The van der Waals surface area contributed by atoms with Crippen LogP contribution >= 0.6 is 0 Å². The van der Waals surface area contributed by atoms with Crippen LogP contribution in [-0.2, 0) is 10.0 Å². The third-order valence-corrected chi connectivity index (χ3v) is 4.17. The number of nitrogen functional groups attached to an aromatic ring is 1. The molecule has 1 aromatic heterocycles. The van der Waals surface area contributed by atoms with Crippen LogP contribution in [0.5, 0.6) is 0 Å². The number of nitrogens with zero attached hydrogens (tertiary/aromatic N) is 1. The van der Waals surface area contributed by atoms with Gasteiger partial charge in [0, 0.05) is 11.3 Å². The lowest BCUT2D eigenvalue weighted by Crippen LogP contribution is -2.15. The summed E-state index contributed by atoms with van der Waals surface area (Å²) in [7, 11) is -3.66. The van der Waals surface area contributed by atoms with Crippen LogP contribution in [0.1, 0.15) is 11.1 Å². The van der Waals surface area contributed by atoms with E-state index in [1.54, 1.807) is 32.2 Å². The van der Waals surface area contributed by atoms with Crippen molar-refractivity contribution >= 4 is 21.5 Å². The van der Waals surface area contributed by atoms with Gasteiger partial charge in [0.05, 0.1) is 11.1 Å². The molecule has 0 aliphatic carbocycles. The van der Waals surface area contributed by atoms with Crippen molar-refractivity contribution in [3.63, 3.8) is 0 Å². The summed E-state index contributed by atoms with van der Waals surface area (Å²) in [6.07, 6.45) is 1.55. The van der Waals surface area contributed by atoms with Crippen LogP contribution in [0.4, 0.5) is 11.5 Å². The fourth-order valence-electron chi connectivity index (χ4n) is 1.56. The van der Waals surface area contributed by atoms with Gasteiger partial charge in [0.1, 0.15) is 5.82 Å². The molecule has 0 spiro atoms. The molecular formula is C11H14N4O2S. The Kier molecular flexibility index (Phi) is 3.00. The van der Waals surface area contributed by atoms with Gasteiger partial charge >= 0.3 is 0 Å². The largest absolute Gasteiger partial charge is 0.398 e. The highest BCUT2D eigenvalue weighted by Crippen LogP contribution is 2.23. The fourth-order valence-corrected chi connectivity index (χ4v) is 2.93. The molecule has 0 unspecified atom stereocenters. The third kappa shape index (κ3) is 2.17. The van der Waals surface area contributed by atoms with Crippen molar-refractivity contribution in [3.05, 3.63) is 35.5 Å². The zero-order valence-electron chi connectivity index (χ0n) is 10.1. The topological polar surface area (TPSA) is 101 Å². The average Bonchev–Trinajstić information content (AvgIpc) is 2.67.